The molecule has 0 atom stereocenters. The molecule has 0 aliphatic carbocycles. The van der Waals surface area contributed by atoms with E-state index in [4.69, 9.17) is 0 Å². The molecule has 0 radical (unpaired) electrons. The van der Waals surface area contributed by atoms with E-state index in [2.05, 4.69) is 20.4 Å². The first-order valence-corrected chi connectivity index (χ1v) is 7.41. The van der Waals surface area contributed by atoms with E-state index in [0.29, 0.717) is 24.5 Å². The summed E-state index contributed by atoms with van der Waals surface area (Å²) in [4.78, 5) is 26.5. The number of hydrogen-bond acceptors (Lipinski definition) is 5. The summed E-state index contributed by atoms with van der Waals surface area (Å²) in [5, 5.41) is 10.9. The first kappa shape index (κ1) is 15.0. The van der Waals surface area contributed by atoms with Gasteiger partial charge in [-0.1, -0.05) is 18.2 Å². The average Bonchev–Trinajstić information content (AvgIpc) is 2.63. The van der Waals surface area contributed by atoms with Crippen LogP contribution in [0, 0.1) is 0 Å². The molecule has 23 heavy (non-hydrogen) atoms. The van der Waals surface area contributed by atoms with Crippen LogP contribution in [0.4, 0.5) is 11.6 Å². The summed E-state index contributed by atoms with van der Waals surface area (Å²) < 4.78 is 0. The van der Waals surface area contributed by atoms with E-state index >= 15 is 0 Å². The predicted octanol–water partition coefficient (Wildman–Crippen LogP) is 1.01. The van der Waals surface area contributed by atoms with E-state index in [1.807, 2.05) is 24.3 Å². The van der Waals surface area contributed by atoms with Gasteiger partial charge in [-0.15, -0.1) is 10.2 Å². The fraction of sp³-hybridized carbons (Fsp3) is 0.250. The quantitative estimate of drug-likeness (QED) is 0.853. The highest BCUT2D eigenvalue weighted by molar-refractivity contribution is 6.03. The van der Waals surface area contributed by atoms with Gasteiger partial charge in [0, 0.05) is 31.7 Å². The number of amides is 2. The van der Waals surface area contributed by atoms with Gasteiger partial charge in [-0.2, -0.15) is 0 Å². The Bertz CT molecular complexity index is 667. The summed E-state index contributed by atoms with van der Waals surface area (Å²) in [5.41, 5.74) is 0.573. The molecule has 1 saturated heterocycles. The molecule has 118 valence electrons. The number of benzene rings is 1. The number of carbonyl (C=O) groups is 2. The van der Waals surface area contributed by atoms with E-state index in [1.54, 1.807) is 23.1 Å². The largest absolute Gasteiger partial charge is 0.352 e. The molecule has 2 amide bonds. The lowest BCUT2D eigenvalue weighted by Gasteiger charge is -2.32. The molecule has 3 rings (SSSR count). The van der Waals surface area contributed by atoms with Crippen molar-refractivity contribution in [2.75, 3.05) is 36.4 Å². The predicted molar refractivity (Wildman–Crippen MR) is 86.3 cm³/mol. The average molecular weight is 311 g/mol. The minimum absolute atomic E-state index is 0.216. The van der Waals surface area contributed by atoms with Crippen LogP contribution in [0.5, 0.6) is 0 Å². The van der Waals surface area contributed by atoms with Crippen molar-refractivity contribution in [2.24, 2.45) is 0 Å². The highest BCUT2D eigenvalue weighted by Crippen LogP contribution is 2.14. The van der Waals surface area contributed by atoms with E-state index in [0.717, 1.165) is 25.3 Å². The normalized spacial score (nSPS) is 14.4. The third kappa shape index (κ3) is 3.63. The maximum absolute atomic E-state index is 12.0. The molecule has 0 spiro atoms. The Morgan fingerprint density at radius 2 is 1.74 bits per heavy atom. The molecular formula is C16H17N5O2. The van der Waals surface area contributed by atoms with E-state index in [9.17, 15) is 9.59 Å². The standard InChI is InChI=1S/C16H17N5O2/c22-12-20-8-10-21(11-9-20)15-7-6-14(18-19-15)17-16(23)13-4-2-1-3-5-13/h1-7,12H,8-11H2,(H,17,18,23). The van der Waals surface area contributed by atoms with Crippen LogP contribution in [0.1, 0.15) is 10.4 Å². The highest BCUT2D eigenvalue weighted by atomic mass is 16.1. The lowest BCUT2D eigenvalue weighted by atomic mass is 10.2. The Balaban J connectivity index is 1.61. The number of anilines is 2. The van der Waals surface area contributed by atoms with Gasteiger partial charge in [0.2, 0.25) is 6.41 Å². The summed E-state index contributed by atoms with van der Waals surface area (Å²) >= 11 is 0. The molecule has 1 aliphatic heterocycles. The molecule has 0 saturated carbocycles. The molecule has 1 aromatic heterocycles. The van der Waals surface area contributed by atoms with Crippen LogP contribution < -0.4 is 10.2 Å². The Morgan fingerprint density at radius 1 is 1.00 bits per heavy atom. The number of carbonyl (C=O) groups excluding carboxylic acids is 2. The number of piperazine rings is 1. The maximum Gasteiger partial charge on any atom is 0.256 e. The molecule has 1 N–H and O–H groups in total. The van der Waals surface area contributed by atoms with Gasteiger partial charge in [0.15, 0.2) is 11.6 Å². The van der Waals surface area contributed by atoms with Gasteiger partial charge in [0.05, 0.1) is 0 Å². The van der Waals surface area contributed by atoms with Gasteiger partial charge in [-0.25, -0.2) is 0 Å². The minimum atomic E-state index is -0.216. The summed E-state index contributed by atoms with van der Waals surface area (Å²) in [6.07, 6.45) is 0.866. The molecule has 0 bridgehead atoms. The van der Waals surface area contributed by atoms with Crippen molar-refractivity contribution in [3.05, 3.63) is 48.0 Å². The Kier molecular flexibility index (Phi) is 4.46. The minimum Gasteiger partial charge on any atom is -0.352 e. The van der Waals surface area contributed by atoms with Gasteiger partial charge in [0.1, 0.15) is 0 Å². The fourth-order valence-electron chi connectivity index (χ4n) is 2.39. The van der Waals surface area contributed by atoms with Gasteiger partial charge in [-0.05, 0) is 24.3 Å². The zero-order valence-corrected chi connectivity index (χ0v) is 12.6. The Labute approximate surface area is 133 Å². The van der Waals surface area contributed by atoms with Crippen molar-refractivity contribution in [3.63, 3.8) is 0 Å². The number of aromatic nitrogens is 2. The number of nitrogens with one attached hydrogen (secondary N) is 1. The molecule has 0 unspecified atom stereocenters. The smallest absolute Gasteiger partial charge is 0.256 e. The molecular weight excluding hydrogens is 294 g/mol. The topological polar surface area (TPSA) is 78.4 Å². The molecule has 2 heterocycles. The van der Waals surface area contributed by atoms with Crippen molar-refractivity contribution in [2.45, 2.75) is 0 Å². The van der Waals surface area contributed by atoms with Crippen LogP contribution >= 0.6 is 0 Å². The van der Waals surface area contributed by atoms with Crippen LogP contribution in [-0.4, -0.2) is 53.6 Å². The van der Waals surface area contributed by atoms with Crippen LogP contribution in [0.2, 0.25) is 0 Å². The molecule has 1 aliphatic rings. The summed E-state index contributed by atoms with van der Waals surface area (Å²) in [5.74, 6) is 0.939. The van der Waals surface area contributed by atoms with E-state index < -0.39 is 0 Å². The second-order valence-electron chi connectivity index (χ2n) is 5.23. The van der Waals surface area contributed by atoms with Crippen molar-refractivity contribution in [1.29, 1.82) is 0 Å². The van der Waals surface area contributed by atoms with Crippen molar-refractivity contribution < 1.29 is 9.59 Å². The Hall–Kier alpha value is -2.96. The molecule has 7 nitrogen and oxygen atoms in total. The van der Waals surface area contributed by atoms with Crippen molar-refractivity contribution >= 4 is 24.0 Å². The van der Waals surface area contributed by atoms with E-state index in [1.165, 1.54) is 0 Å². The fourth-order valence-corrected chi connectivity index (χ4v) is 2.39. The van der Waals surface area contributed by atoms with Gasteiger partial charge >= 0.3 is 0 Å². The van der Waals surface area contributed by atoms with E-state index in [-0.39, 0.29) is 5.91 Å². The maximum atomic E-state index is 12.0. The molecule has 1 aromatic carbocycles. The van der Waals surface area contributed by atoms with Gasteiger partial charge in [-0.3, -0.25) is 9.59 Å². The van der Waals surface area contributed by atoms with Gasteiger partial charge in [0.25, 0.3) is 5.91 Å². The number of hydrogen-bond donors (Lipinski definition) is 1. The zero-order chi connectivity index (χ0) is 16.1. The number of nitrogens with zero attached hydrogens (tertiary/aromatic N) is 4. The van der Waals surface area contributed by atoms with Crippen LogP contribution in [-0.2, 0) is 4.79 Å². The first-order valence-electron chi connectivity index (χ1n) is 7.41. The summed E-state index contributed by atoms with van der Waals surface area (Å²) in [6.45, 7) is 2.81. The second kappa shape index (κ2) is 6.87. The Morgan fingerprint density at radius 3 is 2.35 bits per heavy atom. The summed E-state index contributed by atoms with van der Waals surface area (Å²) in [7, 11) is 0. The van der Waals surface area contributed by atoms with Gasteiger partial charge < -0.3 is 15.1 Å². The van der Waals surface area contributed by atoms with Crippen LogP contribution in [0.15, 0.2) is 42.5 Å². The number of rotatable bonds is 4. The zero-order valence-electron chi connectivity index (χ0n) is 12.6. The lowest BCUT2D eigenvalue weighted by molar-refractivity contribution is -0.118. The monoisotopic (exact) mass is 311 g/mol. The van der Waals surface area contributed by atoms with Crippen molar-refractivity contribution in [3.8, 4) is 0 Å². The SMILES string of the molecule is O=CN1CCN(c2ccc(NC(=O)c3ccccc3)nn2)CC1. The summed E-state index contributed by atoms with van der Waals surface area (Å²) in [6, 6.07) is 12.5. The van der Waals surface area contributed by atoms with Crippen LogP contribution in [0.25, 0.3) is 0 Å². The molecule has 7 heteroatoms. The third-order valence-corrected chi connectivity index (χ3v) is 3.72. The lowest BCUT2D eigenvalue weighted by Crippen LogP contribution is -2.46. The van der Waals surface area contributed by atoms with Crippen molar-refractivity contribution in [1.82, 2.24) is 15.1 Å². The second-order valence-corrected chi connectivity index (χ2v) is 5.23. The van der Waals surface area contributed by atoms with Crippen LogP contribution in [0.3, 0.4) is 0 Å². The molecule has 1 fully saturated rings. The third-order valence-electron chi connectivity index (χ3n) is 3.72. The highest BCUT2D eigenvalue weighted by Gasteiger charge is 2.17. The molecule has 2 aromatic rings. The first-order chi connectivity index (χ1) is 11.3.